The lowest BCUT2D eigenvalue weighted by Crippen LogP contribution is -2.23. The van der Waals surface area contributed by atoms with Crippen LogP contribution in [-0.2, 0) is 22.4 Å². The summed E-state index contributed by atoms with van der Waals surface area (Å²) in [4.78, 5) is 29.7. The van der Waals surface area contributed by atoms with Gasteiger partial charge in [0.05, 0.1) is 11.1 Å². The van der Waals surface area contributed by atoms with E-state index in [2.05, 4.69) is 4.98 Å². The highest BCUT2D eigenvalue weighted by molar-refractivity contribution is 6.06. The Labute approximate surface area is 180 Å². The zero-order valence-corrected chi connectivity index (χ0v) is 16.8. The number of amides is 1. The summed E-state index contributed by atoms with van der Waals surface area (Å²) in [6.45, 7) is -0.902. The summed E-state index contributed by atoms with van der Waals surface area (Å²) >= 11 is 0. The largest absolute Gasteiger partial charge is 0.452 e. The fraction of sp³-hybridized carbons (Fsp3) is 0.261. The number of para-hydroxylation sites is 1. The topological polar surface area (TPSA) is 68.3 Å². The van der Waals surface area contributed by atoms with Crippen LogP contribution in [0.1, 0.15) is 40.9 Å². The average Bonchev–Trinajstić information content (AvgIpc) is 3.02. The second-order valence-electron chi connectivity index (χ2n) is 7.46. The molecule has 0 radical (unpaired) electrons. The van der Waals surface area contributed by atoms with Gasteiger partial charge in [-0.25, -0.2) is 22.4 Å². The first-order chi connectivity index (χ1) is 15.4. The van der Waals surface area contributed by atoms with Crippen molar-refractivity contribution in [1.29, 1.82) is 0 Å². The van der Waals surface area contributed by atoms with E-state index in [-0.39, 0.29) is 6.07 Å². The Bertz CT molecular complexity index is 1200. The molecule has 166 valence electrons. The number of halogens is 4. The SMILES string of the molecule is O=C(COC(=O)c1c2c(nc3ccccc13)CCCCC2)Nc1c(F)c(F)cc(F)c1F. The molecular formula is C23H18F4N2O3. The third-order valence-corrected chi connectivity index (χ3v) is 5.33. The van der Waals surface area contributed by atoms with Gasteiger partial charge in [-0.3, -0.25) is 9.78 Å². The monoisotopic (exact) mass is 446 g/mol. The summed E-state index contributed by atoms with van der Waals surface area (Å²) < 4.78 is 59.3. The highest BCUT2D eigenvalue weighted by atomic mass is 19.2. The van der Waals surface area contributed by atoms with Crippen molar-refractivity contribution in [2.75, 3.05) is 11.9 Å². The second kappa shape index (κ2) is 8.94. The molecule has 1 aliphatic carbocycles. The van der Waals surface area contributed by atoms with Gasteiger partial charge in [-0.05, 0) is 37.3 Å². The van der Waals surface area contributed by atoms with Gasteiger partial charge in [-0.2, -0.15) is 0 Å². The number of nitrogens with one attached hydrogen (secondary N) is 1. The van der Waals surface area contributed by atoms with Crippen molar-refractivity contribution >= 4 is 28.5 Å². The summed E-state index contributed by atoms with van der Waals surface area (Å²) in [6.07, 6.45) is 4.15. The minimum absolute atomic E-state index is 0.0284. The van der Waals surface area contributed by atoms with E-state index in [1.54, 1.807) is 29.6 Å². The summed E-state index contributed by atoms with van der Waals surface area (Å²) in [5.74, 6) is -8.78. The van der Waals surface area contributed by atoms with E-state index in [0.29, 0.717) is 29.3 Å². The predicted molar refractivity (Wildman–Crippen MR) is 108 cm³/mol. The van der Waals surface area contributed by atoms with Gasteiger partial charge in [0.25, 0.3) is 5.91 Å². The maximum Gasteiger partial charge on any atom is 0.339 e. The van der Waals surface area contributed by atoms with Crippen molar-refractivity contribution < 1.29 is 31.9 Å². The lowest BCUT2D eigenvalue weighted by molar-refractivity contribution is -0.119. The number of esters is 1. The first-order valence-corrected chi connectivity index (χ1v) is 10.1. The zero-order valence-electron chi connectivity index (χ0n) is 16.8. The maximum absolute atomic E-state index is 13.8. The number of carbonyl (C=O) groups excluding carboxylic acids is 2. The lowest BCUT2D eigenvalue weighted by atomic mass is 9.97. The minimum atomic E-state index is -1.76. The molecule has 3 aromatic rings. The van der Waals surface area contributed by atoms with Gasteiger partial charge >= 0.3 is 5.97 Å². The third kappa shape index (κ3) is 4.15. The molecule has 1 aromatic heterocycles. The maximum atomic E-state index is 13.8. The van der Waals surface area contributed by atoms with Crippen molar-refractivity contribution in [3.05, 3.63) is 70.4 Å². The number of pyridine rings is 1. The van der Waals surface area contributed by atoms with Gasteiger partial charge in [-0.15, -0.1) is 0 Å². The first kappa shape index (κ1) is 21.7. The molecule has 5 nitrogen and oxygen atoms in total. The second-order valence-corrected chi connectivity index (χ2v) is 7.46. The van der Waals surface area contributed by atoms with Gasteiger partial charge in [-0.1, -0.05) is 24.6 Å². The number of hydrogen-bond acceptors (Lipinski definition) is 4. The number of anilines is 1. The molecule has 1 aliphatic rings. The Morgan fingerprint density at radius 2 is 1.66 bits per heavy atom. The molecule has 1 amide bonds. The van der Waals surface area contributed by atoms with E-state index >= 15 is 0 Å². The van der Waals surface area contributed by atoms with Crippen LogP contribution < -0.4 is 5.32 Å². The molecule has 0 atom stereocenters. The Kier molecular flexibility index (Phi) is 6.07. The van der Waals surface area contributed by atoms with Crippen molar-refractivity contribution in [2.24, 2.45) is 0 Å². The Morgan fingerprint density at radius 3 is 2.41 bits per heavy atom. The van der Waals surface area contributed by atoms with Crippen molar-refractivity contribution in [2.45, 2.75) is 32.1 Å². The van der Waals surface area contributed by atoms with Crippen molar-refractivity contribution in [3.63, 3.8) is 0 Å². The fourth-order valence-corrected chi connectivity index (χ4v) is 3.84. The van der Waals surface area contributed by atoms with E-state index in [0.717, 1.165) is 30.5 Å². The summed E-state index contributed by atoms with van der Waals surface area (Å²) in [5, 5.41) is 2.29. The van der Waals surface area contributed by atoms with E-state index in [1.807, 2.05) is 0 Å². The summed E-state index contributed by atoms with van der Waals surface area (Å²) in [5.41, 5.74) is 1.19. The quantitative estimate of drug-likeness (QED) is 0.269. The van der Waals surface area contributed by atoms with Crippen LogP contribution >= 0.6 is 0 Å². The molecule has 9 heteroatoms. The zero-order chi connectivity index (χ0) is 22.8. The average molecular weight is 446 g/mol. The van der Waals surface area contributed by atoms with E-state index in [1.165, 1.54) is 0 Å². The number of rotatable bonds is 4. The molecule has 4 rings (SSSR count). The van der Waals surface area contributed by atoms with E-state index in [4.69, 9.17) is 4.74 Å². The number of aromatic nitrogens is 1. The van der Waals surface area contributed by atoms with Crippen LogP contribution in [0.25, 0.3) is 10.9 Å². The summed E-state index contributed by atoms with van der Waals surface area (Å²) in [7, 11) is 0. The molecule has 2 aromatic carbocycles. The summed E-state index contributed by atoms with van der Waals surface area (Å²) in [6, 6.07) is 7.07. The van der Waals surface area contributed by atoms with Crippen LogP contribution in [0.2, 0.25) is 0 Å². The molecular weight excluding hydrogens is 428 g/mol. The molecule has 32 heavy (non-hydrogen) atoms. The third-order valence-electron chi connectivity index (χ3n) is 5.33. The lowest BCUT2D eigenvalue weighted by Gasteiger charge is -2.15. The molecule has 1 heterocycles. The van der Waals surface area contributed by atoms with Gasteiger partial charge < -0.3 is 10.1 Å². The highest BCUT2D eigenvalue weighted by Crippen LogP contribution is 2.29. The van der Waals surface area contributed by atoms with Gasteiger partial charge in [0.2, 0.25) is 0 Å². The molecule has 0 bridgehead atoms. The van der Waals surface area contributed by atoms with Crippen LogP contribution in [0.5, 0.6) is 0 Å². The molecule has 0 aliphatic heterocycles. The van der Waals surface area contributed by atoms with Gasteiger partial charge in [0, 0.05) is 17.1 Å². The Balaban J connectivity index is 1.58. The molecule has 0 fully saturated rings. The Hall–Kier alpha value is -3.49. The number of hydrogen-bond donors (Lipinski definition) is 1. The van der Waals surface area contributed by atoms with Crippen molar-refractivity contribution in [3.8, 4) is 0 Å². The predicted octanol–water partition coefficient (Wildman–Crippen LogP) is 4.86. The molecule has 0 saturated heterocycles. The van der Waals surface area contributed by atoms with Crippen LogP contribution in [-0.4, -0.2) is 23.5 Å². The van der Waals surface area contributed by atoms with Crippen LogP contribution in [0, 0.1) is 23.3 Å². The van der Waals surface area contributed by atoms with Crippen molar-refractivity contribution in [1.82, 2.24) is 4.98 Å². The molecule has 0 spiro atoms. The van der Waals surface area contributed by atoms with E-state index in [9.17, 15) is 27.2 Å². The molecule has 0 saturated carbocycles. The normalized spacial score (nSPS) is 13.4. The van der Waals surface area contributed by atoms with Crippen LogP contribution in [0.3, 0.4) is 0 Å². The number of carbonyl (C=O) groups is 2. The smallest absolute Gasteiger partial charge is 0.339 e. The van der Waals surface area contributed by atoms with Crippen LogP contribution in [0.4, 0.5) is 23.2 Å². The number of benzene rings is 2. The fourth-order valence-electron chi connectivity index (χ4n) is 3.84. The molecule has 0 unspecified atom stereocenters. The number of ether oxygens (including phenoxy) is 1. The number of aryl methyl sites for hydroxylation is 1. The standard InChI is InChI=1S/C23H18F4N2O3/c24-14-10-15(25)21(27)22(20(14)26)29-18(30)11-32-23(31)19-12-6-2-1-3-8-16(12)28-17-9-5-4-7-13(17)19/h4-5,7,9-10H,1-3,6,8,11H2,(H,29,30). The number of nitrogens with zero attached hydrogens (tertiary/aromatic N) is 1. The first-order valence-electron chi connectivity index (χ1n) is 10.1. The van der Waals surface area contributed by atoms with E-state index < -0.39 is 47.4 Å². The molecule has 1 N–H and O–H groups in total. The van der Waals surface area contributed by atoms with Gasteiger partial charge in [0.1, 0.15) is 5.69 Å². The van der Waals surface area contributed by atoms with Gasteiger partial charge in [0.15, 0.2) is 29.9 Å². The highest BCUT2D eigenvalue weighted by Gasteiger charge is 2.25. The van der Waals surface area contributed by atoms with Crippen LogP contribution in [0.15, 0.2) is 30.3 Å². The minimum Gasteiger partial charge on any atom is -0.452 e. The Morgan fingerprint density at radius 1 is 0.969 bits per heavy atom. The number of fused-ring (bicyclic) bond motifs is 2.